The summed E-state index contributed by atoms with van der Waals surface area (Å²) in [6.07, 6.45) is 1.72. The number of methoxy groups -OCH3 is 1. The molecule has 1 aliphatic rings. The van der Waals surface area contributed by atoms with E-state index in [-0.39, 0.29) is 18.3 Å². The molecule has 2 aromatic heterocycles. The highest BCUT2D eigenvalue weighted by Crippen LogP contribution is 2.19. The van der Waals surface area contributed by atoms with Gasteiger partial charge in [0.05, 0.1) is 7.11 Å². The van der Waals surface area contributed by atoms with Crippen molar-refractivity contribution in [3.63, 3.8) is 0 Å². The summed E-state index contributed by atoms with van der Waals surface area (Å²) in [6.45, 7) is 4.22. The van der Waals surface area contributed by atoms with Gasteiger partial charge in [-0.1, -0.05) is 0 Å². The molecule has 3 heterocycles. The van der Waals surface area contributed by atoms with E-state index in [0.29, 0.717) is 11.4 Å². The number of rotatable bonds is 4. The first-order valence-electron chi connectivity index (χ1n) is 7.27. The molecule has 2 aromatic rings. The van der Waals surface area contributed by atoms with E-state index in [4.69, 9.17) is 4.74 Å². The summed E-state index contributed by atoms with van der Waals surface area (Å²) in [5.41, 5.74) is 1.88. The number of ether oxygens (including phenoxy) is 1. The smallest absolute Gasteiger partial charge is 0.261 e. The Labute approximate surface area is 146 Å². The molecule has 0 spiro atoms. The molecular weight excluding hydrogens is 336 g/mol. The lowest BCUT2D eigenvalue weighted by Gasteiger charge is -2.34. The Morgan fingerprint density at radius 2 is 2.09 bits per heavy atom. The quantitative estimate of drug-likeness (QED) is 0.839. The second kappa shape index (κ2) is 7.81. The second-order valence-electron chi connectivity index (χ2n) is 5.43. The van der Waals surface area contributed by atoms with Gasteiger partial charge in [0.1, 0.15) is 5.56 Å². The lowest BCUT2D eigenvalue weighted by atomic mass is 10.2. The third-order valence-corrected chi connectivity index (χ3v) is 4.60. The third-order valence-electron chi connectivity index (χ3n) is 3.86. The van der Waals surface area contributed by atoms with Crippen LogP contribution in [0.25, 0.3) is 0 Å². The number of aromatic nitrogens is 2. The molecule has 1 aliphatic heterocycles. The minimum absolute atomic E-state index is 0. The minimum atomic E-state index is 0. The summed E-state index contributed by atoms with van der Waals surface area (Å²) in [7, 11) is 3.33. The molecule has 0 atom stereocenters. The summed E-state index contributed by atoms with van der Waals surface area (Å²) in [4.78, 5) is 16.9. The van der Waals surface area contributed by atoms with E-state index < -0.39 is 0 Å². The van der Waals surface area contributed by atoms with Gasteiger partial charge in [-0.15, -0.1) is 17.5 Å². The maximum atomic E-state index is 12.6. The lowest BCUT2D eigenvalue weighted by Crippen LogP contribution is -2.48. The first-order valence-corrected chi connectivity index (χ1v) is 8.22. The standard InChI is InChI=1S/C15H20N4O2S.ClH/c1-17-10-13(14(16-17)21-2)15(20)19-6-4-18(5-7-19)9-12-3-8-22-11-12;/h3,8,10-11H,4-7,9H2,1-2H3;1H. The fourth-order valence-corrected chi connectivity index (χ4v) is 3.35. The van der Waals surface area contributed by atoms with E-state index in [2.05, 4.69) is 26.8 Å². The number of carbonyl (C=O) groups is 1. The van der Waals surface area contributed by atoms with Crippen molar-refractivity contribution in [2.24, 2.45) is 7.05 Å². The Morgan fingerprint density at radius 3 is 2.70 bits per heavy atom. The van der Waals surface area contributed by atoms with Crippen molar-refractivity contribution in [3.05, 3.63) is 34.2 Å². The van der Waals surface area contributed by atoms with Crippen LogP contribution in [0.5, 0.6) is 5.88 Å². The van der Waals surface area contributed by atoms with Crippen LogP contribution >= 0.6 is 23.7 Å². The van der Waals surface area contributed by atoms with Crippen LogP contribution in [0.3, 0.4) is 0 Å². The molecule has 1 amide bonds. The highest BCUT2D eigenvalue weighted by atomic mass is 35.5. The molecule has 6 nitrogen and oxygen atoms in total. The molecule has 3 rings (SSSR count). The van der Waals surface area contributed by atoms with Crippen LogP contribution in [0.4, 0.5) is 0 Å². The average molecular weight is 357 g/mol. The average Bonchev–Trinajstić information content (AvgIpc) is 3.16. The lowest BCUT2D eigenvalue weighted by molar-refractivity contribution is 0.0625. The first-order chi connectivity index (χ1) is 10.7. The second-order valence-corrected chi connectivity index (χ2v) is 6.21. The van der Waals surface area contributed by atoms with Gasteiger partial charge in [0.15, 0.2) is 0 Å². The van der Waals surface area contributed by atoms with Crippen LogP contribution in [0, 0.1) is 0 Å². The molecule has 0 radical (unpaired) electrons. The Morgan fingerprint density at radius 1 is 1.35 bits per heavy atom. The Bertz CT molecular complexity index is 636. The maximum Gasteiger partial charge on any atom is 0.261 e. The predicted molar refractivity (Wildman–Crippen MR) is 92.5 cm³/mol. The Balaban J connectivity index is 0.00000192. The third kappa shape index (κ3) is 4.04. The van der Waals surface area contributed by atoms with E-state index in [1.165, 1.54) is 12.7 Å². The molecule has 126 valence electrons. The first kappa shape index (κ1) is 17.8. The zero-order valence-electron chi connectivity index (χ0n) is 13.3. The molecule has 0 saturated carbocycles. The number of hydrogen-bond donors (Lipinski definition) is 0. The van der Waals surface area contributed by atoms with Crippen molar-refractivity contribution in [1.29, 1.82) is 0 Å². The van der Waals surface area contributed by atoms with E-state index in [1.807, 2.05) is 4.90 Å². The minimum Gasteiger partial charge on any atom is -0.479 e. The number of amides is 1. The molecule has 1 fully saturated rings. The zero-order chi connectivity index (χ0) is 15.5. The van der Waals surface area contributed by atoms with Crippen molar-refractivity contribution < 1.29 is 9.53 Å². The van der Waals surface area contributed by atoms with Gasteiger partial charge in [0, 0.05) is 46.0 Å². The van der Waals surface area contributed by atoms with Gasteiger partial charge in [-0.25, -0.2) is 0 Å². The van der Waals surface area contributed by atoms with Crippen molar-refractivity contribution in [1.82, 2.24) is 19.6 Å². The van der Waals surface area contributed by atoms with E-state index in [9.17, 15) is 4.79 Å². The molecule has 23 heavy (non-hydrogen) atoms. The largest absolute Gasteiger partial charge is 0.479 e. The van der Waals surface area contributed by atoms with Crippen LogP contribution in [0.15, 0.2) is 23.0 Å². The highest BCUT2D eigenvalue weighted by Gasteiger charge is 2.26. The molecule has 1 saturated heterocycles. The predicted octanol–water partition coefficient (Wildman–Crippen LogP) is 1.87. The molecule has 0 aromatic carbocycles. The Kier molecular flexibility index (Phi) is 6.04. The van der Waals surface area contributed by atoms with Gasteiger partial charge in [-0.3, -0.25) is 14.4 Å². The normalized spacial score (nSPS) is 15.3. The number of hydrogen-bond acceptors (Lipinski definition) is 5. The SMILES string of the molecule is COc1nn(C)cc1C(=O)N1CCN(Cc2ccsc2)CC1.Cl. The fraction of sp³-hybridized carbons (Fsp3) is 0.467. The zero-order valence-corrected chi connectivity index (χ0v) is 14.9. The number of carbonyl (C=O) groups excluding carboxylic acids is 1. The van der Waals surface area contributed by atoms with Gasteiger partial charge >= 0.3 is 0 Å². The maximum absolute atomic E-state index is 12.6. The van der Waals surface area contributed by atoms with Crippen molar-refractivity contribution in [2.45, 2.75) is 6.54 Å². The number of halogens is 1. The van der Waals surface area contributed by atoms with E-state index in [0.717, 1.165) is 32.7 Å². The topological polar surface area (TPSA) is 50.6 Å². The summed E-state index contributed by atoms with van der Waals surface area (Å²) in [6, 6.07) is 2.16. The number of thiophene rings is 1. The molecule has 0 aliphatic carbocycles. The fourth-order valence-electron chi connectivity index (χ4n) is 2.69. The van der Waals surface area contributed by atoms with Crippen molar-refractivity contribution in [3.8, 4) is 5.88 Å². The van der Waals surface area contributed by atoms with Crippen LogP contribution < -0.4 is 4.74 Å². The van der Waals surface area contributed by atoms with Gasteiger partial charge in [-0.05, 0) is 22.4 Å². The van der Waals surface area contributed by atoms with Crippen LogP contribution in [0.1, 0.15) is 15.9 Å². The van der Waals surface area contributed by atoms with Gasteiger partial charge in [0.2, 0.25) is 5.88 Å². The van der Waals surface area contributed by atoms with E-state index >= 15 is 0 Å². The summed E-state index contributed by atoms with van der Waals surface area (Å²) in [5.74, 6) is 0.397. The van der Waals surface area contributed by atoms with Crippen LogP contribution in [-0.2, 0) is 13.6 Å². The molecule has 0 N–H and O–H groups in total. The highest BCUT2D eigenvalue weighted by molar-refractivity contribution is 7.07. The monoisotopic (exact) mass is 356 g/mol. The van der Waals surface area contributed by atoms with Gasteiger partial charge in [0.25, 0.3) is 5.91 Å². The molecule has 0 unspecified atom stereocenters. The summed E-state index contributed by atoms with van der Waals surface area (Å²) < 4.78 is 6.79. The summed E-state index contributed by atoms with van der Waals surface area (Å²) >= 11 is 1.72. The van der Waals surface area contributed by atoms with Crippen LogP contribution in [-0.4, -0.2) is 58.8 Å². The van der Waals surface area contributed by atoms with Gasteiger partial charge < -0.3 is 9.64 Å². The number of aryl methyl sites for hydroxylation is 1. The molecular formula is C15H21ClN4O2S. The Hall–Kier alpha value is -1.57. The van der Waals surface area contributed by atoms with Crippen molar-refractivity contribution >= 4 is 29.7 Å². The van der Waals surface area contributed by atoms with Crippen molar-refractivity contribution in [2.75, 3.05) is 33.3 Å². The van der Waals surface area contributed by atoms with Crippen LogP contribution in [0.2, 0.25) is 0 Å². The molecule has 0 bridgehead atoms. The number of nitrogens with zero attached hydrogens (tertiary/aromatic N) is 4. The number of piperazine rings is 1. The summed E-state index contributed by atoms with van der Waals surface area (Å²) in [5, 5.41) is 8.43. The molecule has 8 heteroatoms. The van der Waals surface area contributed by atoms with E-state index in [1.54, 1.807) is 29.3 Å². The van der Waals surface area contributed by atoms with Gasteiger partial charge in [-0.2, -0.15) is 11.3 Å².